The highest BCUT2D eigenvalue weighted by Gasteiger charge is 2.53. The maximum absolute atomic E-state index is 16.0. The zero-order valence-corrected chi connectivity index (χ0v) is 19.7. The first-order chi connectivity index (χ1) is 16.4. The lowest BCUT2D eigenvalue weighted by atomic mass is 9.61. The summed E-state index contributed by atoms with van der Waals surface area (Å²) in [6.07, 6.45) is 1.72. The molecule has 5 rings (SSSR count). The molecule has 6 nitrogen and oxygen atoms in total. The number of carbonyl (C=O) groups is 2. The highest BCUT2D eigenvalue weighted by atomic mass is 19.1. The van der Waals surface area contributed by atoms with Crippen molar-refractivity contribution < 1.29 is 23.5 Å². The minimum absolute atomic E-state index is 0.00319. The minimum atomic E-state index is -0.703. The molecular formula is C27H31FN2O4. The average molecular weight is 467 g/mol. The summed E-state index contributed by atoms with van der Waals surface area (Å²) in [5, 5.41) is 3.18. The number of benzene rings is 2. The van der Waals surface area contributed by atoms with Crippen molar-refractivity contribution in [1.82, 2.24) is 10.2 Å². The Balaban J connectivity index is 1.64. The number of hydrogen-bond donors (Lipinski definition) is 1. The predicted octanol–water partition coefficient (Wildman–Crippen LogP) is 3.43. The lowest BCUT2D eigenvalue weighted by molar-refractivity contribution is -0.151. The molecule has 0 radical (unpaired) electrons. The molecule has 1 saturated carbocycles. The molecule has 2 aromatic carbocycles. The van der Waals surface area contributed by atoms with E-state index in [2.05, 4.69) is 12.2 Å². The fourth-order valence-electron chi connectivity index (χ4n) is 6.12. The van der Waals surface area contributed by atoms with Crippen LogP contribution >= 0.6 is 0 Å². The number of morpholine rings is 1. The van der Waals surface area contributed by atoms with Crippen LogP contribution in [0.5, 0.6) is 5.75 Å². The predicted molar refractivity (Wildman–Crippen MR) is 126 cm³/mol. The van der Waals surface area contributed by atoms with E-state index in [-0.39, 0.29) is 42.0 Å². The van der Waals surface area contributed by atoms with Gasteiger partial charge in [-0.2, -0.15) is 0 Å². The number of amides is 2. The first kappa shape index (κ1) is 22.8. The van der Waals surface area contributed by atoms with Gasteiger partial charge in [-0.1, -0.05) is 43.3 Å². The Kier molecular flexibility index (Phi) is 6.06. The van der Waals surface area contributed by atoms with Crippen LogP contribution in [0.3, 0.4) is 0 Å². The minimum Gasteiger partial charge on any atom is -0.491 e. The second-order valence-electron chi connectivity index (χ2n) is 10.0. The number of nitrogens with zero attached hydrogens (tertiary/aromatic N) is 1. The van der Waals surface area contributed by atoms with Crippen LogP contribution in [0.4, 0.5) is 4.39 Å². The highest BCUT2D eigenvalue weighted by molar-refractivity contribution is 5.81. The van der Waals surface area contributed by atoms with Gasteiger partial charge >= 0.3 is 0 Å². The Morgan fingerprint density at radius 2 is 1.91 bits per heavy atom. The summed E-state index contributed by atoms with van der Waals surface area (Å²) in [4.78, 5) is 27.9. The number of halogens is 1. The summed E-state index contributed by atoms with van der Waals surface area (Å²) in [6, 6.07) is 12.8. The van der Waals surface area contributed by atoms with Crippen molar-refractivity contribution in [2.24, 2.45) is 17.8 Å². The van der Waals surface area contributed by atoms with Crippen LogP contribution < -0.4 is 10.1 Å². The molecule has 2 amide bonds. The van der Waals surface area contributed by atoms with Gasteiger partial charge in [0.1, 0.15) is 24.8 Å². The summed E-state index contributed by atoms with van der Waals surface area (Å²) in [5.74, 6) is -0.328. The number of likely N-dealkylation sites (N-methyl/N-ethyl adjacent to an activating group) is 1. The molecule has 0 aromatic heterocycles. The standard InChI is InChI=1S/C27H31FN2O4/c1-17-12-21-22(27(14-17)16-33-15-24(31)29-27)13-18-6-5-8-20(25(18)28)19-7-3-4-9-23(19)34-11-10-30(2)26(21)32/h3-9,17,21-22H,10-16H2,1-2H3,(H,29,31)/t17-,21?,22?,27?/m0/s1. The molecule has 2 aliphatic heterocycles. The Morgan fingerprint density at radius 1 is 1.12 bits per heavy atom. The lowest BCUT2D eigenvalue weighted by Gasteiger charge is -2.52. The molecule has 4 atom stereocenters. The largest absolute Gasteiger partial charge is 0.491 e. The fraction of sp³-hybridized carbons (Fsp3) is 0.481. The van der Waals surface area contributed by atoms with Gasteiger partial charge in [0.2, 0.25) is 11.8 Å². The zero-order chi connectivity index (χ0) is 23.9. The lowest BCUT2D eigenvalue weighted by Crippen LogP contribution is -2.67. The van der Waals surface area contributed by atoms with Crippen LogP contribution in [0.2, 0.25) is 0 Å². The highest BCUT2D eigenvalue weighted by Crippen LogP contribution is 2.45. The Morgan fingerprint density at radius 3 is 2.74 bits per heavy atom. The van der Waals surface area contributed by atoms with E-state index in [4.69, 9.17) is 9.47 Å². The topological polar surface area (TPSA) is 67.9 Å². The summed E-state index contributed by atoms with van der Waals surface area (Å²) in [7, 11) is 1.79. The van der Waals surface area contributed by atoms with Crippen molar-refractivity contribution in [3.63, 3.8) is 0 Å². The van der Waals surface area contributed by atoms with Crippen LogP contribution in [-0.4, -0.2) is 55.7 Å². The third-order valence-corrected chi connectivity index (χ3v) is 7.62. The molecular weight excluding hydrogens is 435 g/mol. The third kappa shape index (κ3) is 4.06. The van der Waals surface area contributed by atoms with Crippen molar-refractivity contribution in [2.75, 3.05) is 33.4 Å². The van der Waals surface area contributed by atoms with Gasteiger partial charge in [-0.15, -0.1) is 0 Å². The van der Waals surface area contributed by atoms with E-state index in [0.29, 0.717) is 61.5 Å². The first-order valence-electron chi connectivity index (χ1n) is 12.0. The van der Waals surface area contributed by atoms with Crippen molar-refractivity contribution in [2.45, 2.75) is 31.7 Å². The number of rotatable bonds is 0. The van der Waals surface area contributed by atoms with Crippen molar-refractivity contribution in [3.8, 4) is 16.9 Å². The average Bonchev–Trinajstić information content (AvgIpc) is 2.81. The maximum Gasteiger partial charge on any atom is 0.246 e. The molecule has 1 saturated heterocycles. The molecule has 1 N–H and O–H groups in total. The normalized spacial score (nSPS) is 29.6. The molecule has 2 aromatic rings. The first-order valence-corrected chi connectivity index (χ1v) is 12.0. The van der Waals surface area contributed by atoms with Gasteiger partial charge in [-0.05, 0) is 42.7 Å². The van der Waals surface area contributed by atoms with Crippen molar-refractivity contribution in [3.05, 3.63) is 53.8 Å². The van der Waals surface area contributed by atoms with E-state index in [9.17, 15) is 9.59 Å². The van der Waals surface area contributed by atoms with Crippen LogP contribution in [0, 0.1) is 23.6 Å². The number of nitrogens with one attached hydrogen (secondary N) is 1. The number of para-hydroxylation sites is 1. The zero-order valence-electron chi connectivity index (χ0n) is 19.7. The molecule has 2 heterocycles. The van der Waals surface area contributed by atoms with Gasteiger partial charge in [0.15, 0.2) is 0 Å². The third-order valence-electron chi connectivity index (χ3n) is 7.62. The van der Waals surface area contributed by atoms with E-state index < -0.39 is 5.54 Å². The summed E-state index contributed by atoms with van der Waals surface area (Å²) in [5.41, 5.74) is 0.995. The van der Waals surface area contributed by atoms with Crippen LogP contribution in [0.1, 0.15) is 25.3 Å². The van der Waals surface area contributed by atoms with Gasteiger partial charge in [0, 0.05) is 24.1 Å². The number of carbonyl (C=O) groups excluding carboxylic acids is 2. The van der Waals surface area contributed by atoms with Gasteiger partial charge in [0.25, 0.3) is 0 Å². The van der Waals surface area contributed by atoms with Crippen molar-refractivity contribution >= 4 is 11.8 Å². The van der Waals surface area contributed by atoms with E-state index in [1.807, 2.05) is 30.3 Å². The fourth-order valence-corrected chi connectivity index (χ4v) is 6.12. The van der Waals surface area contributed by atoms with Crippen molar-refractivity contribution in [1.29, 1.82) is 0 Å². The molecule has 7 heteroatoms. The maximum atomic E-state index is 16.0. The molecule has 2 fully saturated rings. The molecule has 3 aliphatic rings. The van der Waals surface area contributed by atoms with Crippen LogP contribution in [0.15, 0.2) is 42.5 Å². The Bertz CT molecular complexity index is 1110. The number of ether oxygens (including phenoxy) is 2. The molecule has 34 heavy (non-hydrogen) atoms. The monoisotopic (exact) mass is 466 g/mol. The summed E-state index contributed by atoms with van der Waals surface area (Å²) >= 11 is 0. The summed E-state index contributed by atoms with van der Waals surface area (Å²) < 4.78 is 27.7. The molecule has 180 valence electrons. The van der Waals surface area contributed by atoms with Gasteiger partial charge in [0.05, 0.1) is 18.7 Å². The van der Waals surface area contributed by atoms with E-state index >= 15 is 4.39 Å². The van der Waals surface area contributed by atoms with Gasteiger partial charge < -0.3 is 19.7 Å². The Labute approximate surface area is 199 Å². The molecule has 1 aliphatic carbocycles. The van der Waals surface area contributed by atoms with E-state index in [1.165, 1.54) is 0 Å². The second-order valence-corrected chi connectivity index (χ2v) is 10.0. The van der Waals surface area contributed by atoms with Gasteiger partial charge in [-0.25, -0.2) is 4.39 Å². The molecule has 3 unspecified atom stereocenters. The van der Waals surface area contributed by atoms with Crippen LogP contribution in [0.25, 0.3) is 11.1 Å². The molecule has 2 bridgehead atoms. The number of hydrogen-bond acceptors (Lipinski definition) is 4. The van der Waals surface area contributed by atoms with Gasteiger partial charge in [-0.3, -0.25) is 9.59 Å². The quantitative estimate of drug-likeness (QED) is 0.646. The second kappa shape index (κ2) is 9.02. The Hall–Kier alpha value is -2.93. The molecule has 1 spiro atoms. The van der Waals surface area contributed by atoms with E-state index in [1.54, 1.807) is 24.1 Å². The van der Waals surface area contributed by atoms with Crippen LogP contribution in [-0.2, 0) is 20.7 Å². The smallest absolute Gasteiger partial charge is 0.246 e. The van der Waals surface area contributed by atoms with E-state index in [0.717, 1.165) is 0 Å². The SMILES string of the molecule is C[C@H]1CC2C(=O)N(C)CCOc3ccccc3-c3cccc(c3F)CC2C2(COCC(=O)N2)C1. The number of fused-ring (bicyclic) bond motifs is 6. The summed E-state index contributed by atoms with van der Waals surface area (Å²) in [6.45, 7) is 3.17.